The highest BCUT2D eigenvalue weighted by Gasteiger charge is 2.23. The van der Waals surface area contributed by atoms with Gasteiger partial charge >= 0.3 is 0 Å². The fourth-order valence-corrected chi connectivity index (χ4v) is 1.66. The van der Waals surface area contributed by atoms with Crippen LogP contribution in [0.5, 0.6) is 0 Å². The summed E-state index contributed by atoms with van der Waals surface area (Å²) < 4.78 is 0. The number of nitro groups is 1. The van der Waals surface area contributed by atoms with Gasteiger partial charge in [-0.05, 0) is 18.4 Å². The molecular formula is C12H16ClN3O3. The van der Waals surface area contributed by atoms with Crippen LogP contribution in [0.4, 0.5) is 5.69 Å². The van der Waals surface area contributed by atoms with Crippen molar-refractivity contribution in [3.63, 3.8) is 0 Å². The van der Waals surface area contributed by atoms with Gasteiger partial charge in [-0.25, -0.2) is 4.98 Å². The molecule has 1 aromatic heterocycles. The number of carbonyl (C=O) groups excluding carboxylic acids is 1. The van der Waals surface area contributed by atoms with Crippen molar-refractivity contribution in [3.8, 4) is 0 Å². The normalized spacial score (nSPS) is 10.6. The monoisotopic (exact) mass is 285 g/mol. The molecule has 0 radical (unpaired) electrons. The SMILES string of the molecule is CC(C)CCN(C)C(=O)c1cc(Cl)ncc1[N+](=O)[O-]. The van der Waals surface area contributed by atoms with Gasteiger partial charge in [0.05, 0.1) is 4.92 Å². The Hall–Kier alpha value is -1.69. The van der Waals surface area contributed by atoms with Gasteiger partial charge in [-0.2, -0.15) is 0 Å². The largest absolute Gasteiger partial charge is 0.341 e. The maximum Gasteiger partial charge on any atom is 0.300 e. The van der Waals surface area contributed by atoms with Crippen molar-refractivity contribution in [3.05, 3.63) is 33.1 Å². The molecule has 0 spiro atoms. The number of carbonyl (C=O) groups is 1. The van der Waals surface area contributed by atoms with Crippen LogP contribution in [0.2, 0.25) is 5.15 Å². The number of aromatic nitrogens is 1. The smallest absolute Gasteiger partial charge is 0.300 e. The third-order valence-corrected chi connectivity index (χ3v) is 2.87. The molecule has 1 rings (SSSR count). The van der Waals surface area contributed by atoms with E-state index in [4.69, 9.17) is 11.6 Å². The summed E-state index contributed by atoms with van der Waals surface area (Å²) in [6.45, 7) is 4.63. The zero-order valence-electron chi connectivity index (χ0n) is 11.1. The Morgan fingerprint density at radius 2 is 2.21 bits per heavy atom. The van der Waals surface area contributed by atoms with Crippen LogP contribution in [0.25, 0.3) is 0 Å². The summed E-state index contributed by atoms with van der Waals surface area (Å²) in [5, 5.41) is 10.9. The van der Waals surface area contributed by atoms with E-state index in [-0.39, 0.29) is 16.4 Å². The van der Waals surface area contributed by atoms with Gasteiger partial charge in [-0.15, -0.1) is 0 Å². The topological polar surface area (TPSA) is 76.3 Å². The third-order valence-electron chi connectivity index (χ3n) is 2.67. The Balaban J connectivity index is 2.98. The fraction of sp³-hybridized carbons (Fsp3) is 0.500. The zero-order valence-corrected chi connectivity index (χ0v) is 11.8. The first-order valence-corrected chi connectivity index (χ1v) is 6.26. The zero-order chi connectivity index (χ0) is 14.6. The molecule has 0 aliphatic heterocycles. The lowest BCUT2D eigenvalue weighted by molar-refractivity contribution is -0.385. The highest BCUT2D eigenvalue weighted by atomic mass is 35.5. The second kappa shape index (κ2) is 6.47. The van der Waals surface area contributed by atoms with Crippen LogP contribution in [-0.4, -0.2) is 34.3 Å². The molecule has 0 N–H and O–H groups in total. The molecule has 0 fully saturated rings. The molecule has 0 atom stereocenters. The Bertz CT molecular complexity index is 491. The van der Waals surface area contributed by atoms with E-state index in [1.165, 1.54) is 11.0 Å². The van der Waals surface area contributed by atoms with Crippen molar-refractivity contribution >= 4 is 23.2 Å². The molecule has 0 unspecified atom stereocenters. The number of nitrogens with zero attached hydrogens (tertiary/aromatic N) is 3. The van der Waals surface area contributed by atoms with Gasteiger partial charge in [-0.3, -0.25) is 14.9 Å². The lowest BCUT2D eigenvalue weighted by atomic mass is 10.1. The molecule has 1 amide bonds. The summed E-state index contributed by atoms with van der Waals surface area (Å²) in [6, 6.07) is 1.23. The van der Waals surface area contributed by atoms with E-state index in [0.717, 1.165) is 12.6 Å². The summed E-state index contributed by atoms with van der Waals surface area (Å²) in [6.07, 6.45) is 1.83. The molecule has 0 aliphatic carbocycles. The molecule has 7 heteroatoms. The predicted octanol–water partition coefficient (Wildman–Crippen LogP) is 2.76. The Morgan fingerprint density at radius 1 is 1.58 bits per heavy atom. The summed E-state index contributed by atoms with van der Waals surface area (Å²) in [7, 11) is 1.61. The van der Waals surface area contributed by atoms with Gasteiger partial charge in [0.25, 0.3) is 11.6 Å². The van der Waals surface area contributed by atoms with Crippen LogP contribution < -0.4 is 0 Å². The summed E-state index contributed by atoms with van der Waals surface area (Å²) >= 11 is 5.69. The Labute approximate surface area is 116 Å². The van der Waals surface area contributed by atoms with E-state index in [1.807, 2.05) is 13.8 Å². The van der Waals surface area contributed by atoms with Crippen molar-refractivity contribution < 1.29 is 9.72 Å². The summed E-state index contributed by atoms with van der Waals surface area (Å²) in [5.74, 6) is 0.0305. The Kier molecular flexibility index (Phi) is 5.23. The molecule has 1 heterocycles. The van der Waals surface area contributed by atoms with Crippen LogP contribution in [0, 0.1) is 16.0 Å². The highest BCUT2D eigenvalue weighted by Crippen LogP contribution is 2.21. The lowest BCUT2D eigenvalue weighted by Gasteiger charge is -2.18. The minimum Gasteiger partial charge on any atom is -0.341 e. The number of hydrogen-bond acceptors (Lipinski definition) is 4. The molecule has 0 saturated carbocycles. The minimum atomic E-state index is -0.632. The van der Waals surface area contributed by atoms with Gasteiger partial charge in [0.1, 0.15) is 16.9 Å². The average molecular weight is 286 g/mol. The molecule has 19 heavy (non-hydrogen) atoms. The van der Waals surface area contributed by atoms with Crippen molar-refractivity contribution in [2.45, 2.75) is 20.3 Å². The number of pyridine rings is 1. The maximum atomic E-state index is 12.2. The van der Waals surface area contributed by atoms with Crippen LogP contribution >= 0.6 is 11.6 Å². The number of halogens is 1. The summed E-state index contributed by atoms with van der Waals surface area (Å²) in [5.41, 5.74) is -0.359. The van der Waals surface area contributed by atoms with E-state index in [2.05, 4.69) is 4.98 Å². The molecule has 0 bridgehead atoms. The van der Waals surface area contributed by atoms with E-state index >= 15 is 0 Å². The van der Waals surface area contributed by atoms with Gasteiger partial charge in [-0.1, -0.05) is 25.4 Å². The van der Waals surface area contributed by atoms with Crippen molar-refractivity contribution in [1.29, 1.82) is 0 Å². The molecule has 6 nitrogen and oxygen atoms in total. The molecule has 104 valence electrons. The maximum absolute atomic E-state index is 12.2. The van der Waals surface area contributed by atoms with E-state index in [9.17, 15) is 14.9 Å². The van der Waals surface area contributed by atoms with Crippen molar-refractivity contribution in [2.75, 3.05) is 13.6 Å². The van der Waals surface area contributed by atoms with Crippen molar-refractivity contribution in [2.24, 2.45) is 5.92 Å². The third kappa shape index (κ3) is 4.17. The quantitative estimate of drug-likeness (QED) is 0.473. The van der Waals surface area contributed by atoms with E-state index in [0.29, 0.717) is 12.5 Å². The number of rotatable bonds is 5. The van der Waals surface area contributed by atoms with E-state index < -0.39 is 10.8 Å². The van der Waals surface area contributed by atoms with Gasteiger partial charge in [0.2, 0.25) is 0 Å². The predicted molar refractivity (Wildman–Crippen MR) is 72.3 cm³/mol. The minimum absolute atomic E-state index is 0.0312. The van der Waals surface area contributed by atoms with Gasteiger partial charge in [0.15, 0.2) is 0 Å². The highest BCUT2D eigenvalue weighted by molar-refractivity contribution is 6.29. The molecule has 0 aliphatic rings. The van der Waals surface area contributed by atoms with Crippen LogP contribution in [0.3, 0.4) is 0 Å². The second-order valence-corrected chi connectivity index (χ2v) is 5.08. The van der Waals surface area contributed by atoms with Gasteiger partial charge < -0.3 is 4.90 Å². The molecule has 1 aromatic rings. The first kappa shape index (κ1) is 15.4. The first-order chi connectivity index (χ1) is 8.82. The van der Waals surface area contributed by atoms with Crippen LogP contribution in [0.15, 0.2) is 12.3 Å². The lowest BCUT2D eigenvalue weighted by Crippen LogP contribution is -2.29. The molecular weight excluding hydrogens is 270 g/mol. The van der Waals surface area contributed by atoms with Gasteiger partial charge in [0, 0.05) is 13.6 Å². The first-order valence-electron chi connectivity index (χ1n) is 5.88. The van der Waals surface area contributed by atoms with Crippen LogP contribution in [-0.2, 0) is 0 Å². The fourth-order valence-electron chi connectivity index (χ4n) is 1.50. The molecule has 0 saturated heterocycles. The van der Waals surface area contributed by atoms with Crippen molar-refractivity contribution in [1.82, 2.24) is 9.88 Å². The summed E-state index contributed by atoms with van der Waals surface area (Å²) in [4.78, 5) is 27.5. The molecule has 0 aromatic carbocycles. The second-order valence-electron chi connectivity index (χ2n) is 4.69. The van der Waals surface area contributed by atoms with E-state index in [1.54, 1.807) is 7.05 Å². The average Bonchev–Trinajstić information content (AvgIpc) is 2.34. The Morgan fingerprint density at radius 3 is 2.74 bits per heavy atom. The number of amides is 1. The standard InChI is InChI=1S/C12H16ClN3O3/c1-8(2)4-5-15(3)12(17)9-6-11(13)14-7-10(9)16(18)19/h6-8H,4-5H2,1-3H3. The van der Waals surface area contributed by atoms with Crippen LogP contribution in [0.1, 0.15) is 30.6 Å². The number of hydrogen-bond donors (Lipinski definition) is 0.